The maximum Gasteiger partial charge on any atom is 0.137 e. The first-order valence-electron chi connectivity index (χ1n) is 4.10. The Morgan fingerprint density at radius 1 is 1.50 bits per heavy atom. The average molecular weight is 245 g/mol. The van der Waals surface area contributed by atoms with Crippen molar-refractivity contribution in [3.05, 3.63) is 23.1 Å². The second kappa shape index (κ2) is 4.01. The molecule has 0 unspecified atom stereocenters. The first-order chi connectivity index (χ1) is 6.77. The van der Waals surface area contributed by atoms with Crippen LogP contribution in [0.3, 0.4) is 0 Å². The van der Waals surface area contributed by atoms with E-state index >= 15 is 0 Å². The second-order valence-electron chi connectivity index (χ2n) is 2.88. The summed E-state index contributed by atoms with van der Waals surface area (Å²) in [4.78, 5) is 0.942. The number of methoxy groups -OCH3 is 1. The molecule has 1 aromatic heterocycles. The average Bonchev–Trinajstić information content (AvgIpc) is 2.60. The number of thiol groups is 1. The van der Waals surface area contributed by atoms with E-state index in [2.05, 4.69) is 12.6 Å². The van der Waals surface area contributed by atoms with E-state index in [4.69, 9.17) is 16.3 Å². The molecule has 0 saturated carbocycles. The molecule has 4 heteroatoms. The van der Waals surface area contributed by atoms with E-state index in [1.165, 1.54) is 4.70 Å². The fourth-order valence-corrected chi connectivity index (χ4v) is 3.27. The van der Waals surface area contributed by atoms with Crippen molar-refractivity contribution in [1.82, 2.24) is 0 Å². The minimum Gasteiger partial charge on any atom is -0.495 e. The number of benzene rings is 1. The zero-order valence-electron chi connectivity index (χ0n) is 7.58. The van der Waals surface area contributed by atoms with Gasteiger partial charge in [0.25, 0.3) is 0 Å². The van der Waals surface area contributed by atoms with Gasteiger partial charge in [-0.3, -0.25) is 0 Å². The van der Waals surface area contributed by atoms with E-state index in [1.54, 1.807) is 18.4 Å². The topological polar surface area (TPSA) is 9.23 Å². The van der Waals surface area contributed by atoms with Crippen LogP contribution in [-0.2, 0) is 5.88 Å². The summed E-state index contributed by atoms with van der Waals surface area (Å²) in [6.45, 7) is 0. The zero-order valence-corrected chi connectivity index (χ0v) is 10.0. The summed E-state index contributed by atoms with van der Waals surface area (Å²) in [5.41, 5.74) is 1.08. The largest absolute Gasteiger partial charge is 0.495 e. The predicted molar refractivity (Wildman–Crippen MR) is 65.2 cm³/mol. The van der Waals surface area contributed by atoms with Crippen molar-refractivity contribution >= 4 is 45.7 Å². The molecule has 0 spiro atoms. The van der Waals surface area contributed by atoms with Crippen LogP contribution < -0.4 is 4.74 Å². The molecule has 1 nitrogen and oxygen atoms in total. The lowest BCUT2D eigenvalue weighted by molar-refractivity contribution is 0.421. The Labute approximate surface area is 97.1 Å². The quantitative estimate of drug-likeness (QED) is 0.622. The van der Waals surface area contributed by atoms with Crippen molar-refractivity contribution in [2.75, 3.05) is 7.11 Å². The summed E-state index contributed by atoms with van der Waals surface area (Å²) >= 11 is 11.9. The summed E-state index contributed by atoms with van der Waals surface area (Å²) in [5.74, 6) is 1.39. The lowest BCUT2D eigenvalue weighted by Crippen LogP contribution is -1.83. The number of ether oxygens (including phenoxy) is 1. The van der Waals surface area contributed by atoms with Gasteiger partial charge in [-0.15, -0.1) is 35.6 Å². The van der Waals surface area contributed by atoms with Gasteiger partial charge in [0.05, 0.1) is 7.11 Å². The summed E-state index contributed by atoms with van der Waals surface area (Å²) in [6, 6.07) is 3.97. The molecule has 1 aromatic carbocycles. The van der Waals surface area contributed by atoms with Crippen molar-refractivity contribution < 1.29 is 4.74 Å². The van der Waals surface area contributed by atoms with Gasteiger partial charge in [0.15, 0.2) is 0 Å². The Bertz CT molecular complexity index is 464. The Morgan fingerprint density at radius 3 is 2.93 bits per heavy atom. The maximum atomic E-state index is 5.88. The van der Waals surface area contributed by atoms with Gasteiger partial charge in [0.1, 0.15) is 5.75 Å². The molecule has 0 saturated heterocycles. The minimum atomic E-state index is 0.486. The van der Waals surface area contributed by atoms with E-state index < -0.39 is 0 Å². The molecule has 14 heavy (non-hydrogen) atoms. The fourth-order valence-electron chi connectivity index (χ4n) is 1.41. The van der Waals surface area contributed by atoms with Gasteiger partial charge in [-0.25, -0.2) is 0 Å². The van der Waals surface area contributed by atoms with Crippen molar-refractivity contribution in [3.63, 3.8) is 0 Å². The van der Waals surface area contributed by atoms with Crippen LogP contribution in [0.25, 0.3) is 10.1 Å². The van der Waals surface area contributed by atoms with Crippen molar-refractivity contribution in [1.29, 1.82) is 0 Å². The van der Waals surface area contributed by atoms with Crippen molar-refractivity contribution in [2.45, 2.75) is 10.8 Å². The predicted octanol–water partition coefficient (Wildman–Crippen LogP) is 3.94. The smallest absolute Gasteiger partial charge is 0.137 e. The Kier molecular flexibility index (Phi) is 2.91. The Hall–Kier alpha value is -0.380. The third-order valence-electron chi connectivity index (χ3n) is 2.14. The van der Waals surface area contributed by atoms with Gasteiger partial charge >= 0.3 is 0 Å². The number of halogens is 1. The number of thiophene rings is 1. The Morgan fingerprint density at radius 2 is 2.29 bits per heavy atom. The molecule has 0 N–H and O–H groups in total. The highest BCUT2D eigenvalue weighted by Crippen LogP contribution is 2.37. The van der Waals surface area contributed by atoms with Crippen LogP contribution in [0, 0.1) is 0 Å². The highest BCUT2D eigenvalue weighted by atomic mass is 35.5. The van der Waals surface area contributed by atoms with Crippen LogP contribution in [0.4, 0.5) is 0 Å². The third kappa shape index (κ3) is 1.49. The highest BCUT2D eigenvalue weighted by Gasteiger charge is 2.09. The number of alkyl halides is 1. The molecule has 0 atom stereocenters. The van der Waals surface area contributed by atoms with Gasteiger partial charge < -0.3 is 4.74 Å². The molecule has 0 bridgehead atoms. The van der Waals surface area contributed by atoms with Crippen LogP contribution in [0.2, 0.25) is 0 Å². The van der Waals surface area contributed by atoms with Gasteiger partial charge in [-0.05, 0) is 17.7 Å². The molecule has 0 aliphatic carbocycles. The van der Waals surface area contributed by atoms with Gasteiger partial charge in [-0.1, -0.05) is 0 Å². The van der Waals surface area contributed by atoms with Crippen LogP contribution in [0.1, 0.15) is 5.56 Å². The molecular formula is C10H9ClOS2. The molecule has 2 aromatic rings. The molecule has 0 radical (unpaired) electrons. The van der Waals surface area contributed by atoms with Gasteiger partial charge in [0.2, 0.25) is 0 Å². The molecule has 1 heterocycles. The van der Waals surface area contributed by atoms with Crippen LogP contribution in [-0.4, -0.2) is 7.11 Å². The summed E-state index contributed by atoms with van der Waals surface area (Å²) in [6.07, 6.45) is 0. The second-order valence-corrected chi connectivity index (χ2v) is 4.51. The molecule has 0 aliphatic heterocycles. The van der Waals surface area contributed by atoms with E-state index in [1.807, 2.05) is 17.5 Å². The van der Waals surface area contributed by atoms with E-state index in [9.17, 15) is 0 Å². The van der Waals surface area contributed by atoms with Crippen molar-refractivity contribution in [3.8, 4) is 5.75 Å². The molecule has 0 fully saturated rings. The molecular weight excluding hydrogens is 236 g/mol. The first-order valence-corrected chi connectivity index (χ1v) is 5.96. The molecule has 0 aliphatic rings. The Balaban J connectivity index is 2.76. The maximum absolute atomic E-state index is 5.88. The first kappa shape index (κ1) is 10.1. The SMILES string of the molecule is COc1csc2c(CCl)c(S)ccc12. The lowest BCUT2D eigenvalue weighted by Gasteiger charge is -2.03. The highest BCUT2D eigenvalue weighted by molar-refractivity contribution is 7.80. The van der Waals surface area contributed by atoms with Crippen LogP contribution in [0.5, 0.6) is 5.75 Å². The van der Waals surface area contributed by atoms with Crippen LogP contribution in [0.15, 0.2) is 22.4 Å². The van der Waals surface area contributed by atoms with Crippen molar-refractivity contribution in [2.24, 2.45) is 0 Å². The van der Waals surface area contributed by atoms with E-state index in [-0.39, 0.29) is 0 Å². The fraction of sp³-hybridized carbons (Fsp3) is 0.200. The molecule has 74 valence electrons. The standard InChI is InChI=1S/C10H9ClOS2/c1-12-8-5-14-10-6(8)2-3-9(13)7(10)4-11/h2-3,5,13H,4H2,1H3. The number of hydrogen-bond acceptors (Lipinski definition) is 3. The normalized spacial score (nSPS) is 10.8. The lowest BCUT2D eigenvalue weighted by atomic mass is 10.2. The zero-order chi connectivity index (χ0) is 10.1. The third-order valence-corrected chi connectivity index (χ3v) is 3.86. The van der Waals surface area contributed by atoms with E-state index in [0.717, 1.165) is 21.6 Å². The van der Waals surface area contributed by atoms with Gasteiger partial charge in [-0.2, -0.15) is 0 Å². The summed E-state index contributed by atoms with van der Waals surface area (Å²) in [7, 11) is 1.68. The monoisotopic (exact) mass is 244 g/mol. The molecule has 0 amide bonds. The van der Waals surface area contributed by atoms with Crippen LogP contribution >= 0.6 is 35.6 Å². The summed E-state index contributed by atoms with van der Waals surface area (Å²) < 4.78 is 6.42. The number of rotatable bonds is 2. The number of hydrogen-bond donors (Lipinski definition) is 1. The summed E-state index contributed by atoms with van der Waals surface area (Å²) in [5, 5.41) is 3.11. The van der Waals surface area contributed by atoms with E-state index in [0.29, 0.717) is 5.88 Å². The number of fused-ring (bicyclic) bond motifs is 1. The van der Waals surface area contributed by atoms with Gasteiger partial charge in [0, 0.05) is 26.2 Å². The molecule has 2 rings (SSSR count). The minimum absolute atomic E-state index is 0.486.